The third-order valence-corrected chi connectivity index (χ3v) is 5.82. The second-order valence-electron chi connectivity index (χ2n) is 8.54. The second-order valence-corrected chi connectivity index (χ2v) is 8.54. The zero-order valence-corrected chi connectivity index (χ0v) is 20.2. The zero-order chi connectivity index (χ0) is 23.1. The molecule has 2 aromatic rings. The van der Waals surface area contributed by atoms with Crippen molar-refractivity contribution in [2.75, 3.05) is 53.4 Å². The van der Waals surface area contributed by atoms with Crippen molar-refractivity contribution in [1.29, 1.82) is 0 Å². The topological polar surface area (TPSA) is 61.4 Å². The number of aryl methyl sites for hydroxylation is 1. The van der Waals surface area contributed by atoms with Crippen molar-refractivity contribution >= 4 is 11.6 Å². The van der Waals surface area contributed by atoms with E-state index in [9.17, 15) is 0 Å². The third-order valence-electron chi connectivity index (χ3n) is 5.82. The lowest BCUT2D eigenvalue weighted by Crippen LogP contribution is -2.44. The Balaban J connectivity index is 1.54. The Morgan fingerprint density at radius 3 is 2.47 bits per heavy atom. The highest BCUT2D eigenvalue weighted by Gasteiger charge is 2.23. The molecule has 1 atom stereocenters. The van der Waals surface area contributed by atoms with Crippen LogP contribution < -0.4 is 25.0 Å². The summed E-state index contributed by atoms with van der Waals surface area (Å²) in [5.41, 5.74) is 4.94. The average Bonchev–Trinajstić information content (AvgIpc) is 3.23. The van der Waals surface area contributed by atoms with E-state index >= 15 is 0 Å². The van der Waals surface area contributed by atoms with Crippen LogP contribution in [0.15, 0.2) is 41.4 Å². The summed E-state index contributed by atoms with van der Waals surface area (Å²) in [6.07, 6.45) is 1.08. The Morgan fingerprint density at radius 1 is 1.12 bits per heavy atom. The summed E-state index contributed by atoms with van der Waals surface area (Å²) in [5.74, 6) is 2.49. The quantitative estimate of drug-likeness (QED) is 0.487. The maximum absolute atomic E-state index is 5.41. The Labute approximate surface area is 192 Å². The van der Waals surface area contributed by atoms with Gasteiger partial charge in [0.15, 0.2) is 5.96 Å². The van der Waals surface area contributed by atoms with Crippen LogP contribution in [-0.2, 0) is 13.1 Å². The Hall–Kier alpha value is -2.93. The minimum Gasteiger partial charge on any atom is -0.497 e. The molecule has 0 saturated carbocycles. The molecule has 0 spiro atoms. The first-order valence-corrected chi connectivity index (χ1v) is 11.1. The highest BCUT2D eigenvalue weighted by molar-refractivity contribution is 5.80. The molecular formula is C25H37N5O2. The van der Waals surface area contributed by atoms with Crippen LogP contribution in [0.2, 0.25) is 0 Å². The smallest absolute Gasteiger partial charge is 0.191 e. The van der Waals surface area contributed by atoms with Crippen LogP contribution in [0.1, 0.15) is 23.1 Å². The fraction of sp³-hybridized carbons (Fsp3) is 0.480. The molecule has 2 N–H and O–H groups in total. The van der Waals surface area contributed by atoms with Gasteiger partial charge in [-0.15, -0.1) is 0 Å². The predicted octanol–water partition coefficient (Wildman–Crippen LogP) is 3.02. The standard InChI is InChI=1S/C25H37N5O2/c1-18-7-8-20(24(11-18)29(3)4)15-27-25(26-2)28-21-9-10-30(17-21)16-19-12-22(31-5)14-23(13-19)32-6/h7-8,11-14,21H,9-10,15-17H2,1-6H3,(H2,26,27,28). The first-order chi connectivity index (χ1) is 15.4. The van der Waals surface area contributed by atoms with E-state index < -0.39 is 0 Å². The van der Waals surface area contributed by atoms with Crippen LogP contribution in [0.3, 0.4) is 0 Å². The molecule has 32 heavy (non-hydrogen) atoms. The largest absolute Gasteiger partial charge is 0.497 e. The summed E-state index contributed by atoms with van der Waals surface area (Å²) in [7, 11) is 9.36. The van der Waals surface area contributed by atoms with Crippen LogP contribution in [0.5, 0.6) is 11.5 Å². The number of methoxy groups -OCH3 is 2. The van der Waals surface area contributed by atoms with Crippen molar-refractivity contribution in [2.24, 2.45) is 4.99 Å². The van der Waals surface area contributed by atoms with Gasteiger partial charge in [-0.1, -0.05) is 12.1 Å². The van der Waals surface area contributed by atoms with E-state index in [0.717, 1.165) is 50.1 Å². The molecule has 1 fully saturated rings. The zero-order valence-electron chi connectivity index (χ0n) is 20.2. The fourth-order valence-corrected chi connectivity index (χ4v) is 4.12. The summed E-state index contributed by atoms with van der Waals surface area (Å²) in [6.45, 7) is 5.73. The highest BCUT2D eigenvalue weighted by Crippen LogP contribution is 2.24. The number of nitrogens with zero attached hydrogens (tertiary/aromatic N) is 3. The van der Waals surface area contributed by atoms with Crippen molar-refractivity contribution < 1.29 is 9.47 Å². The number of anilines is 1. The second kappa shape index (κ2) is 11.1. The Bertz CT molecular complexity index is 906. The van der Waals surface area contributed by atoms with Gasteiger partial charge in [-0.2, -0.15) is 0 Å². The predicted molar refractivity (Wildman–Crippen MR) is 132 cm³/mol. The van der Waals surface area contributed by atoms with Gasteiger partial charge >= 0.3 is 0 Å². The highest BCUT2D eigenvalue weighted by atomic mass is 16.5. The van der Waals surface area contributed by atoms with Crippen molar-refractivity contribution in [3.05, 3.63) is 53.1 Å². The molecule has 1 heterocycles. The SMILES string of the molecule is CN=C(NCc1ccc(C)cc1N(C)C)NC1CCN(Cc2cc(OC)cc(OC)c2)C1. The van der Waals surface area contributed by atoms with Crippen LogP contribution >= 0.6 is 0 Å². The third kappa shape index (κ3) is 6.29. The first-order valence-electron chi connectivity index (χ1n) is 11.1. The number of benzene rings is 2. The molecule has 0 aromatic heterocycles. The van der Waals surface area contributed by atoms with Crippen molar-refractivity contribution in [2.45, 2.75) is 32.5 Å². The van der Waals surface area contributed by atoms with E-state index in [1.165, 1.54) is 22.4 Å². The summed E-state index contributed by atoms with van der Waals surface area (Å²) in [4.78, 5) is 9.05. The van der Waals surface area contributed by atoms with Crippen molar-refractivity contribution in [3.8, 4) is 11.5 Å². The lowest BCUT2D eigenvalue weighted by molar-refractivity contribution is 0.321. The molecular weight excluding hydrogens is 402 g/mol. The molecule has 1 unspecified atom stereocenters. The molecule has 1 aliphatic rings. The van der Waals surface area contributed by atoms with E-state index in [1.807, 2.05) is 13.1 Å². The molecule has 0 amide bonds. The van der Waals surface area contributed by atoms with Gasteiger partial charge in [0.2, 0.25) is 0 Å². The van der Waals surface area contributed by atoms with Gasteiger partial charge in [0, 0.05) is 65.1 Å². The maximum atomic E-state index is 5.41. The van der Waals surface area contributed by atoms with Gasteiger partial charge in [0.1, 0.15) is 11.5 Å². The van der Waals surface area contributed by atoms with Crippen LogP contribution in [0.25, 0.3) is 0 Å². The van der Waals surface area contributed by atoms with Gasteiger partial charge in [-0.25, -0.2) is 0 Å². The normalized spacial score (nSPS) is 16.7. The number of guanidine groups is 1. The van der Waals surface area contributed by atoms with E-state index in [4.69, 9.17) is 9.47 Å². The van der Waals surface area contributed by atoms with E-state index in [0.29, 0.717) is 6.04 Å². The Morgan fingerprint density at radius 2 is 1.84 bits per heavy atom. The molecule has 7 nitrogen and oxygen atoms in total. The minimum absolute atomic E-state index is 0.361. The van der Waals surface area contributed by atoms with Crippen LogP contribution in [-0.4, -0.2) is 65.4 Å². The van der Waals surface area contributed by atoms with Gasteiger partial charge in [0.25, 0.3) is 0 Å². The summed E-state index contributed by atoms with van der Waals surface area (Å²) in [6, 6.07) is 13.0. The molecule has 1 saturated heterocycles. The fourth-order valence-electron chi connectivity index (χ4n) is 4.12. The van der Waals surface area contributed by atoms with Crippen LogP contribution in [0, 0.1) is 6.92 Å². The molecule has 0 radical (unpaired) electrons. The monoisotopic (exact) mass is 439 g/mol. The summed E-state index contributed by atoms with van der Waals surface area (Å²) < 4.78 is 10.8. The number of aliphatic imine (C=N–C) groups is 1. The Kier molecular flexibility index (Phi) is 8.22. The number of hydrogen-bond donors (Lipinski definition) is 2. The average molecular weight is 440 g/mol. The number of hydrogen-bond acceptors (Lipinski definition) is 5. The van der Waals surface area contributed by atoms with Crippen LogP contribution in [0.4, 0.5) is 5.69 Å². The lowest BCUT2D eigenvalue weighted by atomic mass is 10.1. The molecule has 174 valence electrons. The molecule has 7 heteroatoms. The van der Waals surface area contributed by atoms with E-state index in [2.05, 4.69) is 76.8 Å². The van der Waals surface area contributed by atoms with Crippen molar-refractivity contribution in [3.63, 3.8) is 0 Å². The van der Waals surface area contributed by atoms with E-state index in [-0.39, 0.29) is 0 Å². The summed E-state index contributed by atoms with van der Waals surface area (Å²) in [5, 5.41) is 7.07. The van der Waals surface area contributed by atoms with Gasteiger partial charge in [-0.3, -0.25) is 9.89 Å². The maximum Gasteiger partial charge on any atom is 0.191 e. The molecule has 0 aliphatic carbocycles. The summed E-state index contributed by atoms with van der Waals surface area (Å²) >= 11 is 0. The number of rotatable bonds is 8. The molecule has 2 aromatic carbocycles. The van der Waals surface area contributed by atoms with E-state index in [1.54, 1.807) is 14.2 Å². The molecule has 1 aliphatic heterocycles. The first kappa shape index (κ1) is 23.7. The lowest BCUT2D eigenvalue weighted by Gasteiger charge is -2.21. The molecule has 0 bridgehead atoms. The minimum atomic E-state index is 0.361. The number of likely N-dealkylation sites (tertiary alicyclic amines) is 1. The number of ether oxygens (including phenoxy) is 2. The van der Waals surface area contributed by atoms with Crippen molar-refractivity contribution in [1.82, 2.24) is 15.5 Å². The van der Waals surface area contributed by atoms with Gasteiger partial charge in [-0.05, 0) is 48.2 Å². The number of nitrogens with one attached hydrogen (secondary N) is 2. The van der Waals surface area contributed by atoms with Gasteiger partial charge < -0.3 is 25.0 Å². The molecule has 3 rings (SSSR count). The van der Waals surface area contributed by atoms with Gasteiger partial charge in [0.05, 0.1) is 14.2 Å².